The Morgan fingerprint density at radius 2 is 1.72 bits per heavy atom. The summed E-state index contributed by atoms with van der Waals surface area (Å²) in [5.74, 6) is 0. The normalized spacial score (nSPS) is 20.3. The van der Waals surface area contributed by atoms with Gasteiger partial charge in [0.1, 0.15) is 6.10 Å². The third-order valence-electron chi connectivity index (χ3n) is 4.20. The first kappa shape index (κ1) is 13.6. The molecule has 1 aliphatic carbocycles. The van der Waals surface area contributed by atoms with Gasteiger partial charge in [-0.3, -0.25) is 0 Å². The van der Waals surface area contributed by atoms with Crippen LogP contribution in [0.25, 0.3) is 0 Å². The van der Waals surface area contributed by atoms with Crippen molar-refractivity contribution in [3.63, 3.8) is 0 Å². The van der Waals surface area contributed by atoms with E-state index < -0.39 is 6.10 Å². The molecule has 0 bridgehead atoms. The van der Waals surface area contributed by atoms with E-state index in [0.29, 0.717) is 0 Å². The second-order valence-electron chi connectivity index (χ2n) is 6.40. The maximum atomic E-state index is 10.5. The van der Waals surface area contributed by atoms with Crippen LogP contribution < -0.4 is 0 Å². The third kappa shape index (κ3) is 2.32. The second kappa shape index (κ2) is 4.67. The summed E-state index contributed by atoms with van der Waals surface area (Å²) in [7, 11) is 1.70. The number of benzene rings is 1. The average molecular weight is 248 g/mol. The fourth-order valence-corrected chi connectivity index (χ4v) is 2.58. The number of ether oxygens (including phenoxy) is 1. The van der Waals surface area contributed by atoms with Gasteiger partial charge in [0.2, 0.25) is 0 Å². The maximum Gasteiger partial charge on any atom is 0.108 e. The van der Waals surface area contributed by atoms with Crippen LogP contribution >= 0.6 is 0 Å². The van der Waals surface area contributed by atoms with Crippen LogP contribution in [0.2, 0.25) is 0 Å². The number of aliphatic hydroxyl groups is 1. The summed E-state index contributed by atoms with van der Waals surface area (Å²) in [6.07, 6.45) is 2.53. The Balaban J connectivity index is 2.19. The Hall–Kier alpha value is -0.860. The molecule has 2 rings (SSSR count). The highest BCUT2D eigenvalue weighted by Crippen LogP contribution is 2.44. The molecule has 1 fully saturated rings. The molecule has 1 unspecified atom stereocenters. The largest absolute Gasteiger partial charge is 0.385 e. The number of hydrogen-bond donors (Lipinski definition) is 1. The molecule has 0 aromatic heterocycles. The number of hydrogen-bond acceptors (Lipinski definition) is 2. The SMILES string of the molecule is COC1(C(O)c2ccc(C(C)(C)C)cc2)CCC1. The zero-order valence-corrected chi connectivity index (χ0v) is 11.9. The molecule has 0 spiro atoms. The lowest BCUT2D eigenvalue weighted by molar-refractivity contribution is -0.151. The van der Waals surface area contributed by atoms with Gasteiger partial charge < -0.3 is 9.84 Å². The number of rotatable bonds is 3. The fraction of sp³-hybridized carbons (Fsp3) is 0.625. The topological polar surface area (TPSA) is 29.5 Å². The smallest absolute Gasteiger partial charge is 0.108 e. The highest BCUT2D eigenvalue weighted by molar-refractivity contribution is 5.30. The lowest BCUT2D eigenvalue weighted by Crippen LogP contribution is -2.45. The predicted octanol–water partition coefficient (Wildman–Crippen LogP) is 3.59. The van der Waals surface area contributed by atoms with Crippen LogP contribution in [0.1, 0.15) is 57.3 Å². The zero-order valence-electron chi connectivity index (χ0n) is 11.9. The molecule has 0 aliphatic heterocycles. The van der Waals surface area contributed by atoms with Crippen molar-refractivity contribution < 1.29 is 9.84 Å². The summed E-state index contributed by atoms with van der Waals surface area (Å²) < 4.78 is 5.54. The van der Waals surface area contributed by atoms with E-state index >= 15 is 0 Å². The molecular formula is C16H24O2. The fourth-order valence-electron chi connectivity index (χ4n) is 2.58. The summed E-state index contributed by atoms with van der Waals surface area (Å²) in [4.78, 5) is 0. The molecule has 0 radical (unpaired) electrons. The van der Waals surface area contributed by atoms with E-state index in [4.69, 9.17) is 4.74 Å². The van der Waals surface area contributed by atoms with Gasteiger partial charge in [0.15, 0.2) is 0 Å². The van der Waals surface area contributed by atoms with Gasteiger partial charge in [-0.1, -0.05) is 45.0 Å². The van der Waals surface area contributed by atoms with Crippen LogP contribution in [-0.4, -0.2) is 17.8 Å². The molecule has 1 N–H and O–H groups in total. The van der Waals surface area contributed by atoms with Crippen molar-refractivity contribution in [3.05, 3.63) is 35.4 Å². The van der Waals surface area contributed by atoms with Crippen LogP contribution in [0.5, 0.6) is 0 Å². The Kier molecular flexibility index (Phi) is 3.52. The third-order valence-corrected chi connectivity index (χ3v) is 4.20. The Bertz CT molecular complexity index is 391. The summed E-state index contributed by atoms with van der Waals surface area (Å²) in [5, 5.41) is 10.5. The van der Waals surface area contributed by atoms with Gasteiger partial charge >= 0.3 is 0 Å². The molecular weight excluding hydrogens is 224 g/mol. The van der Waals surface area contributed by atoms with E-state index in [0.717, 1.165) is 24.8 Å². The van der Waals surface area contributed by atoms with Gasteiger partial charge in [-0.2, -0.15) is 0 Å². The van der Waals surface area contributed by atoms with Crippen molar-refractivity contribution in [1.29, 1.82) is 0 Å². The van der Waals surface area contributed by atoms with Crippen LogP contribution in [0.15, 0.2) is 24.3 Å². The molecule has 1 aromatic rings. The van der Waals surface area contributed by atoms with E-state index in [1.807, 2.05) is 12.1 Å². The lowest BCUT2D eigenvalue weighted by atomic mass is 9.73. The molecule has 2 heteroatoms. The second-order valence-corrected chi connectivity index (χ2v) is 6.40. The molecule has 0 saturated heterocycles. The van der Waals surface area contributed by atoms with Gasteiger partial charge in [-0.05, 0) is 35.8 Å². The summed E-state index contributed by atoms with van der Waals surface area (Å²) in [6.45, 7) is 6.59. The van der Waals surface area contributed by atoms with Gasteiger partial charge in [0.05, 0.1) is 5.60 Å². The van der Waals surface area contributed by atoms with Crippen molar-refractivity contribution in [3.8, 4) is 0 Å². The quantitative estimate of drug-likeness (QED) is 0.886. The molecule has 1 aliphatic rings. The van der Waals surface area contributed by atoms with Crippen molar-refractivity contribution in [2.24, 2.45) is 0 Å². The van der Waals surface area contributed by atoms with Crippen LogP contribution in [0.4, 0.5) is 0 Å². The molecule has 1 saturated carbocycles. The molecule has 100 valence electrons. The van der Waals surface area contributed by atoms with Gasteiger partial charge in [-0.25, -0.2) is 0 Å². The minimum Gasteiger partial charge on any atom is -0.385 e. The van der Waals surface area contributed by atoms with E-state index in [1.54, 1.807) is 7.11 Å². The molecule has 2 nitrogen and oxygen atoms in total. The lowest BCUT2D eigenvalue weighted by Gasteiger charge is -2.44. The molecule has 1 atom stereocenters. The summed E-state index contributed by atoms with van der Waals surface area (Å²) >= 11 is 0. The van der Waals surface area contributed by atoms with Gasteiger partial charge in [0, 0.05) is 7.11 Å². The van der Waals surface area contributed by atoms with E-state index in [1.165, 1.54) is 5.56 Å². The first-order chi connectivity index (χ1) is 8.39. The van der Waals surface area contributed by atoms with Crippen LogP contribution in [0, 0.1) is 0 Å². The van der Waals surface area contributed by atoms with Gasteiger partial charge in [0.25, 0.3) is 0 Å². The highest BCUT2D eigenvalue weighted by atomic mass is 16.5. The summed E-state index contributed by atoms with van der Waals surface area (Å²) in [6, 6.07) is 8.29. The Labute approximate surface area is 110 Å². The first-order valence-corrected chi connectivity index (χ1v) is 6.73. The minimum absolute atomic E-state index is 0.152. The van der Waals surface area contributed by atoms with E-state index in [2.05, 4.69) is 32.9 Å². The molecule has 1 aromatic carbocycles. The van der Waals surface area contributed by atoms with Crippen molar-refractivity contribution in [2.75, 3.05) is 7.11 Å². The first-order valence-electron chi connectivity index (χ1n) is 6.73. The number of aliphatic hydroxyl groups excluding tert-OH is 1. The molecule has 0 heterocycles. The highest BCUT2D eigenvalue weighted by Gasteiger charge is 2.44. The van der Waals surface area contributed by atoms with Crippen molar-refractivity contribution in [2.45, 2.75) is 57.2 Å². The van der Waals surface area contributed by atoms with Crippen LogP contribution in [0.3, 0.4) is 0 Å². The standard InChI is InChI=1S/C16H24O2/c1-15(2,3)13-8-6-12(7-9-13)14(17)16(18-4)10-5-11-16/h6-9,14,17H,5,10-11H2,1-4H3. The Morgan fingerprint density at radius 1 is 1.17 bits per heavy atom. The Morgan fingerprint density at radius 3 is 2.06 bits per heavy atom. The molecule has 18 heavy (non-hydrogen) atoms. The maximum absolute atomic E-state index is 10.5. The molecule has 0 amide bonds. The monoisotopic (exact) mass is 248 g/mol. The van der Waals surface area contributed by atoms with E-state index in [9.17, 15) is 5.11 Å². The van der Waals surface area contributed by atoms with Crippen molar-refractivity contribution in [1.82, 2.24) is 0 Å². The van der Waals surface area contributed by atoms with Crippen LogP contribution in [-0.2, 0) is 10.2 Å². The van der Waals surface area contributed by atoms with E-state index in [-0.39, 0.29) is 11.0 Å². The minimum atomic E-state index is -0.509. The predicted molar refractivity (Wildman–Crippen MR) is 73.7 cm³/mol. The average Bonchev–Trinajstić information content (AvgIpc) is 2.27. The number of methoxy groups -OCH3 is 1. The zero-order chi connectivity index (χ0) is 13.4. The summed E-state index contributed by atoms with van der Waals surface area (Å²) in [5.41, 5.74) is 2.06. The van der Waals surface area contributed by atoms with Crippen molar-refractivity contribution >= 4 is 0 Å². The van der Waals surface area contributed by atoms with Gasteiger partial charge in [-0.15, -0.1) is 0 Å².